The number of ether oxygens (including phenoxy) is 2. The second-order valence-corrected chi connectivity index (χ2v) is 8.45. The molecule has 0 spiro atoms. The highest BCUT2D eigenvalue weighted by Crippen LogP contribution is 2.43. The SMILES string of the molecule is CN(C)c1ccc(-c2nc3n(n2)C(c2ccc4c(c2)OCO4)C2=C(CCCC2=O)N3)cc1. The molecule has 32 heavy (non-hydrogen) atoms. The molecule has 8 heteroatoms. The van der Waals surface area contributed by atoms with E-state index in [4.69, 9.17) is 19.6 Å². The van der Waals surface area contributed by atoms with E-state index in [0.29, 0.717) is 29.7 Å². The van der Waals surface area contributed by atoms with Crippen LogP contribution in [0, 0.1) is 0 Å². The number of allylic oxidation sites excluding steroid dienone is 2. The van der Waals surface area contributed by atoms with E-state index in [1.165, 1.54) is 0 Å². The lowest BCUT2D eigenvalue weighted by atomic mass is 9.85. The number of fused-ring (bicyclic) bond motifs is 2. The molecule has 0 fully saturated rings. The standard InChI is InChI=1S/C24H23N5O3/c1-28(2)16-9-6-14(7-10-16)23-26-24-25-17-4-3-5-18(30)21(17)22(29(24)27-23)15-8-11-19-20(12-15)32-13-31-19/h6-12,22H,3-5,13H2,1-2H3,(H,25,26,27). The average Bonchev–Trinajstić information content (AvgIpc) is 3.44. The van der Waals surface area contributed by atoms with Crippen molar-refractivity contribution < 1.29 is 14.3 Å². The van der Waals surface area contributed by atoms with E-state index in [9.17, 15) is 4.79 Å². The fraction of sp³-hybridized carbons (Fsp3) is 0.292. The molecule has 1 unspecified atom stereocenters. The first-order valence-electron chi connectivity index (χ1n) is 10.8. The van der Waals surface area contributed by atoms with Gasteiger partial charge in [-0.1, -0.05) is 6.07 Å². The molecule has 6 rings (SSSR count). The van der Waals surface area contributed by atoms with Crippen molar-refractivity contribution in [1.29, 1.82) is 0 Å². The molecule has 1 aromatic heterocycles. The van der Waals surface area contributed by atoms with Gasteiger partial charge in [0.15, 0.2) is 23.1 Å². The Bertz CT molecular complexity index is 1260. The van der Waals surface area contributed by atoms with E-state index in [-0.39, 0.29) is 18.6 Å². The van der Waals surface area contributed by atoms with Gasteiger partial charge in [0.25, 0.3) is 0 Å². The summed E-state index contributed by atoms with van der Waals surface area (Å²) < 4.78 is 12.9. The third kappa shape index (κ3) is 2.94. The molecule has 0 saturated heterocycles. The molecule has 0 bridgehead atoms. The van der Waals surface area contributed by atoms with Gasteiger partial charge in [-0.15, -0.1) is 5.10 Å². The van der Waals surface area contributed by atoms with Gasteiger partial charge in [0, 0.05) is 43.0 Å². The smallest absolute Gasteiger partial charge is 0.231 e. The van der Waals surface area contributed by atoms with Crippen LogP contribution in [-0.4, -0.2) is 41.4 Å². The number of anilines is 2. The highest BCUT2D eigenvalue weighted by Gasteiger charge is 2.37. The molecule has 0 radical (unpaired) electrons. The van der Waals surface area contributed by atoms with Crippen LogP contribution in [0.3, 0.4) is 0 Å². The van der Waals surface area contributed by atoms with Crippen LogP contribution >= 0.6 is 0 Å². The zero-order valence-electron chi connectivity index (χ0n) is 18.0. The quantitative estimate of drug-likeness (QED) is 0.679. The topological polar surface area (TPSA) is 81.5 Å². The van der Waals surface area contributed by atoms with Gasteiger partial charge in [0.2, 0.25) is 12.7 Å². The van der Waals surface area contributed by atoms with E-state index in [1.807, 2.05) is 61.2 Å². The first-order valence-corrected chi connectivity index (χ1v) is 10.8. The number of ketones is 1. The molecule has 3 heterocycles. The van der Waals surface area contributed by atoms with Crippen LogP contribution in [0.25, 0.3) is 11.4 Å². The molecule has 8 nitrogen and oxygen atoms in total. The highest BCUT2D eigenvalue weighted by molar-refractivity contribution is 5.99. The van der Waals surface area contributed by atoms with Crippen molar-refractivity contribution in [3.05, 3.63) is 59.3 Å². The predicted octanol–water partition coefficient (Wildman–Crippen LogP) is 3.76. The van der Waals surface area contributed by atoms with Crippen molar-refractivity contribution in [2.75, 3.05) is 31.1 Å². The molecule has 0 amide bonds. The highest BCUT2D eigenvalue weighted by atomic mass is 16.7. The van der Waals surface area contributed by atoms with Crippen molar-refractivity contribution in [2.45, 2.75) is 25.3 Å². The van der Waals surface area contributed by atoms with Gasteiger partial charge < -0.3 is 19.7 Å². The Morgan fingerprint density at radius 2 is 1.88 bits per heavy atom. The molecule has 1 N–H and O–H groups in total. The third-order valence-electron chi connectivity index (χ3n) is 6.22. The van der Waals surface area contributed by atoms with Crippen LogP contribution in [-0.2, 0) is 4.79 Å². The molecule has 2 aromatic carbocycles. The summed E-state index contributed by atoms with van der Waals surface area (Å²) in [7, 11) is 4.02. The summed E-state index contributed by atoms with van der Waals surface area (Å²) in [5.41, 5.74) is 4.67. The zero-order chi connectivity index (χ0) is 21.8. The van der Waals surface area contributed by atoms with Crippen LogP contribution in [0.2, 0.25) is 0 Å². The molecule has 1 atom stereocenters. The summed E-state index contributed by atoms with van der Waals surface area (Å²) >= 11 is 0. The van der Waals surface area contributed by atoms with Crippen molar-refractivity contribution in [3.8, 4) is 22.9 Å². The number of hydrogen-bond donors (Lipinski definition) is 1. The number of Topliss-reactive ketones (excluding diaryl/α,β-unsaturated/α-hetero) is 1. The molecule has 1 aliphatic carbocycles. The van der Waals surface area contributed by atoms with Crippen LogP contribution < -0.4 is 19.7 Å². The summed E-state index contributed by atoms with van der Waals surface area (Å²) in [5, 5.41) is 8.23. The molecule has 3 aromatic rings. The van der Waals surface area contributed by atoms with Crippen LogP contribution in [0.15, 0.2) is 53.7 Å². The molecular formula is C24H23N5O3. The van der Waals surface area contributed by atoms with Gasteiger partial charge in [-0.05, 0) is 54.8 Å². The van der Waals surface area contributed by atoms with Crippen molar-refractivity contribution in [1.82, 2.24) is 14.8 Å². The van der Waals surface area contributed by atoms with Crippen LogP contribution in [0.5, 0.6) is 11.5 Å². The lowest BCUT2D eigenvalue weighted by molar-refractivity contribution is -0.116. The Hall–Kier alpha value is -3.81. The van der Waals surface area contributed by atoms with E-state index in [2.05, 4.69) is 10.2 Å². The number of hydrogen-bond acceptors (Lipinski definition) is 7. The van der Waals surface area contributed by atoms with Crippen molar-refractivity contribution >= 4 is 17.4 Å². The molecule has 162 valence electrons. The molecular weight excluding hydrogens is 406 g/mol. The Morgan fingerprint density at radius 1 is 1.06 bits per heavy atom. The summed E-state index contributed by atoms with van der Waals surface area (Å²) in [6.45, 7) is 0.208. The minimum atomic E-state index is -0.356. The minimum absolute atomic E-state index is 0.152. The Morgan fingerprint density at radius 3 is 2.69 bits per heavy atom. The van der Waals surface area contributed by atoms with Gasteiger partial charge in [0.1, 0.15) is 6.04 Å². The fourth-order valence-electron chi connectivity index (χ4n) is 4.58. The lowest BCUT2D eigenvalue weighted by Crippen LogP contribution is -2.31. The number of benzene rings is 2. The van der Waals surface area contributed by atoms with Crippen LogP contribution in [0.1, 0.15) is 30.9 Å². The van der Waals surface area contributed by atoms with Gasteiger partial charge in [-0.3, -0.25) is 4.79 Å². The van der Waals surface area contributed by atoms with Crippen molar-refractivity contribution in [2.24, 2.45) is 0 Å². The molecule has 3 aliphatic rings. The maximum atomic E-state index is 13.0. The number of carbonyl (C=O) groups excluding carboxylic acids is 1. The number of rotatable bonds is 3. The maximum absolute atomic E-state index is 13.0. The Balaban J connectivity index is 1.47. The normalized spacial score (nSPS) is 18.8. The maximum Gasteiger partial charge on any atom is 0.231 e. The minimum Gasteiger partial charge on any atom is -0.454 e. The Kier molecular flexibility index (Phi) is 4.21. The second-order valence-electron chi connectivity index (χ2n) is 8.45. The number of nitrogens with one attached hydrogen (secondary N) is 1. The molecule has 2 aliphatic heterocycles. The average molecular weight is 429 g/mol. The van der Waals surface area contributed by atoms with E-state index >= 15 is 0 Å². The van der Waals surface area contributed by atoms with E-state index in [0.717, 1.165) is 40.9 Å². The first-order chi connectivity index (χ1) is 15.6. The number of nitrogens with zero attached hydrogens (tertiary/aromatic N) is 4. The number of carbonyl (C=O) groups is 1. The third-order valence-corrected chi connectivity index (χ3v) is 6.22. The monoisotopic (exact) mass is 429 g/mol. The van der Waals surface area contributed by atoms with Crippen LogP contribution in [0.4, 0.5) is 11.6 Å². The van der Waals surface area contributed by atoms with Gasteiger partial charge in [-0.25, -0.2) is 4.68 Å². The fourth-order valence-corrected chi connectivity index (χ4v) is 4.58. The number of aromatic nitrogens is 3. The van der Waals surface area contributed by atoms with Crippen molar-refractivity contribution in [3.63, 3.8) is 0 Å². The van der Waals surface area contributed by atoms with E-state index < -0.39 is 0 Å². The van der Waals surface area contributed by atoms with Gasteiger partial charge in [-0.2, -0.15) is 4.98 Å². The largest absolute Gasteiger partial charge is 0.454 e. The Labute approximate surface area is 185 Å². The first kappa shape index (κ1) is 18.9. The van der Waals surface area contributed by atoms with Gasteiger partial charge in [0.05, 0.1) is 0 Å². The zero-order valence-corrected chi connectivity index (χ0v) is 18.0. The summed E-state index contributed by atoms with van der Waals surface area (Å²) in [4.78, 5) is 19.9. The summed E-state index contributed by atoms with van der Waals surface area (Å²) in [6.07, 6.45) is 2.21. The predicted molar refractivity (Wildman–Crippen MR) is 120 cm³/mol. The van der Waals surface area contributed by atoms with E-state index in [1.54, 1.807) is 0 Å². The second kappa shape index (κ2) is 7.12. The molecule has 0 saturated carbocycles. The summed E-state index contributed by atoms with van der Waals surface area (Å²) in [5.74, 6) is 2.82. The van der Waals surface area contributed by atoms with Gasteiger partial charge >= 0.3 is 0 Å². The lowest BCUT2D eigenvalue weighted by Gasteiger charge is -2.32. The summed E-state index contributed by atoms with van der Waals surface area (Å²) in [6, 6.07) is 13.6.